The summed E-state index contributed by atoms with van der Waals surface area (Å²) in [7, 11) is 0. The standard InChI is InChI=1S/C19H18N2/c20-13-19(14-21)12-6-10-16(15-7-2-1-3-8-15)17-9-4-5-11-18(17)19/h1-3,6-8,10-11,16-17H,4-5,9,12H2/t16-,17-/m0/s1. The fourth-order valence-electron chi connectivity index (χ4n) is 3.67. The van der Waals surface area contributed by atoms with E-state index in [2.05, 4.69) is 48.6 Å². The smallest absolute Gasteiger partial charge is 0.168 e. The third kappa shape index (κ3) is 2.28. The third-order valence-electron chi connectivity index (χ3n) is 4.74. The zero-order chi connectivity index (χ0) is 14.7. The summed E-state index contributed by atoms with van der Waals surface area (Å²) in [4.78, 5) is 0. The van der Waals surface area contributed by atoms with Gasteiger partial charge in [0.15, 0.2) is 5.41 Å². The molecule has 2 aliphatic carbocycles. The van der Waals surface area contributed by atoms with Crippen LogP contribution >= 0.6 is 0 Å². The number of hydrogen-bond acceptors (Lipinski definition) is 2. The van der Waals surface area contributed by atoms with Crippen molar-refractivity contribution in [2.45, 2.75) is 31.6 Å². The van der Waals surface area contributed by atoms with Gasteiger partial charge in [0, 0.05) is 12.3 Å². The van der Waals surface area contributed by atoms with Gasteiger partial charge < -0.3 is 0 Å². The van der Waals surface area contributed by atoms with Crippen LogP contribution in [0, 0.1) is 34.0 Å². The lowest BCUT2D eigenvalue weighted by Gasteiger charge is -2.33. The Hall–Kier alpha value is -2.32. The molecule has 0 saturated heterocycles. The number of nitriles is 2. The van der Waals surface area contributed by atoms with Gasteiger partial charge in [-0.3, -0.25) is 0 Å². The maximum Gasteiger partial charge on any atom is 0.168 e. The quantitative estimate of drug-likeness (QED) is 0.708. The average Bonchev–Trinajstić information content (AvgIpc) is 2.73. The third-order valence-corrected chi connectivity index (χ3v) is 4.74. The minimum atomic E-state index is -0.967. The topological polar surface area (TPSA) is 47.6 Å². The fraction of sp³-hybridized carbons (Fsp3) is 0.368. The zero-order valence-electron chi connectivity index (χ0n) is 12.0. The molecule has 0 bridgehead atoms. The van der Waals surface area contributed by atoms with E-state index in [1.807, 2.05) is 12.1 Å². The Kier molecular flexibility index (Phi) is 3.63. The highest BCUT2D eigenvalue weighted by molar-refractivity contribution is 5.42. The van der Waals surface area contributed by atoms with E-state index in [-0.39, 0.29) is 11.8 Å². The largest absolute Gasteiger partial charge is 0.196 e. The number of nitrogens with zero attached hydrogens (tertiary/aromatic N) is 2. The summed E-state index contributed by atoms with van der Waals surface area (Å²) in [5, 5.41) is 19.2. The van der Waals surface area contributed by atoms with Crippen molar-refractivity contribution in [1.29, 1.82) is 10.5 Å². The van der Waals surface area contributed by atoms with Crippen LogP contribution in [0.15, 0.2) is 54.1 Å². The molecule has 2 atom stereocenters. The van der Waals surface area contributed by atoms with Crippen molar-refractivity contribution in [3.8, 4) is 12.1 Å². The Morgan fingerprint density at radius 2 is 1.86 bits per heavy atom. The maximum atomic E-state index is 9.62. The van der Waals surface area contributed by atoms with E-state index >= 15 is 0 Å². The van der Waals surface area contributed by atoms with Crippen molar-refractivity contribution >= 4 is 0 Å². The van der Waals surface area contributed by atoms with E-state index in [4.69, 9.17) is 0 Å². The fourth-order valence-corrected chi connectivity index (χ4v) is 3.67. The highest BCUT2D eigenvalue weighted by atomic mass is 14.5. The van der Waals surface area contributed by atoms with Crippen LogP contribution < -0.4 is 0 Å². The number of hydrogen-bond donors (Lipinski definition) is 0. The highest BCUT2D eigenvalue weighted by Gasteiger charge is 2.42. The van der Waals surface area contributed by atoms with Crippen molar-refractivity contribution in [2.75, 3.05) is 0 Å². The molecule has 0 spiro atoms. The van der Waals surface area contributed by atoms with Crippen LogP contribution in [0.4, 0.5) is 0 Å². The second kappa shape index (κ2) is 5.58. The van der Waals surface area contributed by atoms with Crippen molar-refractivity contribution < 1.29 is 0 Å². The first-order valence-electron chi connectivity index (χ1n) is 7.55. The Bertz CT molecular complexity index is 641. The first kappa shape index (κ1) is 13.7. The molecule has 0 radical (unpaired) electrons. The minimum Gasteiger partial charge on any atom is -0.196 e. The molecule has 2 nitrogen and oxygen atoms in total. The molecule has 3 rings (SSSR count). The summed E-state index contributed by atoms with van der Waals surface area (Å²) in [6.45, 7) is 0. The molecular weight excluding hydrogens is 256 g/mol. The normalized spacial score (nSPS) is 26.7. The number of fused-ring (bicyclic) bond motifs is 1. The zero-order valence-corrected chi connectivity index (χ0v) is 12.0. The molecular formula is C19H18N2. The second-order valence-electron chi connectivity index (χ2n) is 5.89. The van der Waals surface area contributed by atoms with Crippen molar-refractivity contribution in [3.05, 3.63) is 59.7 Å². The number of benzene rings is 1. The lowest BCUT2D eigenvalue weighted by atomic mass is 9.67. The van der Waals surface area contributed by atoms with Crippen molar-refractivity contribution in [3.63, 3.8) is 0 Å². The van der Waals surface area contributed by atoms with Gasteiger partial charge in [-0.2, -0.15) is 10.5 Å². The summed E-state index contributed by atoms with van der Waals surface area (Å²) >= 11 is 0. The van der Waals surface area contributed by atoms with E-state index in [9.17, 15) is 10.5 Å². The predicted molar refractivity (Wildman–Crippen MR) is 82.0 cm³/mol. The van der Waals surface area contributed by atoms with Crippen molar-refractivity contribution in [1.82, 2.24) is 0 Å². The van der Waals surface area contributed by atoms with E-state index in [1.54, 1.807) is 0 Å². The first-order chi connectivity index (χ1) is 10.3. The Balaban J connectivity index is 2.09. The lowest BCUT2D eigenvalue weighted by molar-refractivity contribution is 0.416. The van der Waals surface area contributed by atoms with Gasteiger partial charge in [0.05, 0.1) is 12.1 Å². The van der Waals surface area contributed by atoms with Crippen LogP contribution in [0.5, 0.6) is 0 Å². The van der Waals surface area contributed by atoms with Gasteiger partial charge in [0.2, 0.25) is 0 Å². The van der Waals surface area contributed by atoms with Gasteiger partial charge >= 0.3 is 0 Å². The van der Waals surface area contributed by atoms with Gasteiger partial charge in [0.25, 0.3) is 0 Å². The van der Waals surface area contributed by atoms with Crippen LogP contribution in [-0.2, 0) is 0 Å². The van der Waals surface area contributed by atoms with Crippen LogP contribution in [0.2, 0.25) is 0 Å². The summed E-state index contributed by atoms with van der Waals surface area (Å²) in [5.74, 6) is 0.556. The monoisotopic (exact) mass is 274 g/mol. The van der Waals surface area contributed by atoms with E-state index < -0.39 is 5.41 Å². The maximum absolute atomic E-state index is 9.62. The molecule has 21 heavy (non-hydrogen) atoms. The average molecular weight is 274 g/mol. The molecule has 0 N–H and O–H groups in total. The molecule has 0 heterocycles. The van der Waals surface area contributed by atoms with Crippen LogP contribution in [0.3, 0.4) is 0 Å². The van der Waals surface area contributed by atoms with Gasteiger partial charge in [-0.05, 0) is 36.3 Å². The Morgan fingerprint density at radius 1 is 1.10 bits per heavy atom. The molecule has 2 aliphatic rings. The molecule has 0 unspecified atom stereocenters. The molecule has 0 saturated carbocycles. The van der Waals surface area contributed by atoms with E-state index in [1.165, 1.54) is 5.56 Å². The van der Waals surface area contributed by atoms with E-state index in [0.29, 0.717) is 6.42 Å². The summed E-state index contributed by atoms with van der Waals surface area (Å²) in [6, 6.07) is 15.0. The molecule has 1 aromatic carbocycles. The molecule has 0 aromatic heterocycles. The summed E-state index contributed by atoms with van der Waals surface area (Å²) in [5.41, 5.74) is 1.36. The van der Waals surface area contributed by atoms with Gasteiger partial charge in [0.1, 0.15) is 0 Å². The molecule has 0 aliphatic heterocycles. The highest BCUT2D eigenvalue weighted by Crippen LogP contribution is 2.48. The predicted octanol–water partition coefficient (Wildman–Crippen LogP) is 4.49. The Morgan fingerprint density at radius 3 is 2.57 bits per heavy atom. The van der Waals surface area contributed by atoms with Crippen molar-refractivity contribution in [2.24, 2.45) is 11.3 Å². The van der Waals surface area contributed by atoms with Gasteiger partial charge in [-0.1, -0.05) is 48.6 Å². The van der Waals surface area contributed by atoms with Gasteiger partial charge in [-0.25, -0.2) is 0 Å². The molecule has 104 valence electrons. The molecule has 1 aromatic rings. The number of rotatable bonds is 1. The van der Waals surface area contributed by atoms with Crippen LogP contribution in [0.25, 0.3) is 0 Å². The molecule has 0 fully saturated rings. The molecule has 0 amide bonds. The Labute approximate surface area is 126 Å². The first-order valence-corrected chi connectivity index (χ1v) is 7.55. The van der Waals surface area contributed by atoms with E-state index in [0.717, 1.165) is 24.8 Å². The molecule has 2 heteroatoms. The van der Waals surface area contributed by atoms with Gasteiger partial charge in [-0.15, -0.1) is 0 Å². The SMILES string of the molecule is N#CC1(C#N)CC=C[C@@H](c2ccccc2)[C@@H]2CCCC=C21. The second-order valence-corrected chi connectivity index (χ2v) is 5.89. The summed E-state index contributed by atoms with van der Waals surface area (Å²) in [6.07, 6.45) is 10.1. The van der Waals surface area contributed by atoms with Crippen LogP contribution in [0.1, 0.15) is 37.2 Å². The minimum absolute atomic E-state index is 0.277. The number of allylic oxidation sites excluding steroid dienone is 4. The van der Waals surface area contributed by atoms with Crippen LogP contribution in [-0.4, -0.2) is 0 Å². The summed E-state index contributed by atoms with van der Waals surface area (Å²) < 4.78 is 0. The lowest BCUT2D eigenvalue weighted by Crippen LogP contribution is -2.27.